The van der Waals surface area contributed by atoms with Crippen LogP contribution in [0.3, 0.4) is 0 Å². The van der Waals surface area contributed by atoms with Crippen LogP contribution < -0.4 is 5.73 Å². The van der Waals surface area contributed by atoms with Gasteiger partial charge in [0.1, 0.15) is 30.6 Å². The number of hydrogen-bond acceptors (Lipinski definition) is 6. The standard InChI is InChI=1S/C10H21NO5/c1-10(2,3)15-4-5-6(12)7(13)8(14)9(11)16-5/h5-9,12-14H,4,11H2,1-3H3/t5?,6-,7?,8?,9-/m1/s1. The first kappa shape index (κ1) is 13.8. The normalized spacial score (nSPS) is 41.1. The van der Waals surface area contributed by atoms with Gasteiger partial charge in [-0.05, 0) is 20.8 Å². The lowest BCUT2D eigenvalue weighted by Gasteiger charge is -2.39. The van der Waals surface area contributed by atoms with Crippen molar-refractivity contribution in [2.24, 2.45) is 5.73 Å². The Balaban J connectivity index is 2.54. The topological polar surface area (TPSA) is 105 Å². The van der Waals surface area contributed by atoms with E-state index in [1.807, 2.05) is 20.8 Å². The van der Waals surface area contributed by atoms with Crippen LogP contribution in [0.25, 0.3) is 0 Å². The number of aliphatic hydroxyl groups is 3. The molecule has 1 fully saturated rings. The minimum atomic E-state index is -1.31. The van der Waals surface area contributed by atoms with Crippen molar-refractivity contribution in [1.29, 1.82) is 0 Å². The van der Waals surface area contributed by atoms with Crippen LogP contribution in [-0.2, 0) is 9.47 Å². The van der Waals surface area contributed by atoms with Gasteiger partial charge in [0, 0.05) is 0 Å². The highest BCUT2D eigenvalue weighted by molar-refractivity contribution is 4.90. The summed E-state index contributed by atoms with van der Waals surface area (Å²) in [6.45, 7) is 5.72. The van der Waals surface area contributed by atoms with E-state index < -0.39 is 30.6 Å². The summed E-state index contributed by atoms with van der Waals surface area (Å²) in [6, 6.07) is 0. The minimum Gasteiger partial charge on any atom is -0.387 e. The lowest BCUT2D eigenvalue weighted by atomic mass is 9.98. The third-order valence-corrected chi connectivity index (χ3v) is 2.43. The van der Waals surface area contributed by atoms with E-state index in [9.17, 15) is 15.3 Å². The van der Waals surface area contributed by atoms with E-state index in [0.29, 0.717) is 0 Å². The van der Waals surface area contributed by atoms with Gasteiger partial charge in [-0.3, -0.25) is 0 Å². The molecule has 0 bridgehead atoms. The second-order valence-corrected chi connectivity index (χ2v) is 5.03. The van der Waals surface area contributed by atoms with E-state index in [0.717, 1.165) is 0 Å². The molecule has 3 unspecified atom stereocenters. The third-order valence-electron chi connectivity index (χ3n) is 2.43. The van der Waals surface area contributed by atoms with Gasteiger partial charge >= 0.3 is 0 Å². The minimum absolute atomic E-state index is 0.113. The molecule has 5 atom stereocenters. The average molecular weight is 235 g/mol. The number of hydrogen-bond donors (Lipinski definition) is 4. The third kappa shape index (κ3) is 3.38. The second kappa shape index (κ2) is 4.95. The molecular weight excluding hydrogens is 214 g/mol. The first-order chi connectivity index (χ1) is 7.22. The molecule has 0 spiro atoms. The van der Waals surface area contributed by atoms with Crippen molar-refractivity contribution in [2.45, 2.75) is 57.0 Å². The molecule has 6 heteroatoms. The molecule has 1 aliphatic rings. The molecule has 1 saturated heterocycles. The predicted octanol–water partition coefficient (Wildman–Crippen LogP) is -1.43. The Kier molecular flexibility index (Phi) is 4.28. The molecule has 1 heterocycles. The zero-order chi connectivity index (χ0) is 12.5. The van der Waals surface area contributed by atoms with Gasteiger partial charge in [0.2, 0.25) is 0 Å². The average Bonchev–Trinajstić information content (AvgIpc) is 2.17. The first-order valence-corrected chi connectivity index (χ1v) is 5.31. The molecule has 6 nitrogen and oxygen atoms in total. The van der Waals surface area contributed by atoms with Crippen molar-refractivity contribution in [3.63, 3.8) is 0 Å². The summed E-state index contributed by atoms with van der Waals surface area (Å²) in [7, 11) is 0. The molecule has 16 heavy (non-hydrogen) atoms. The van der Waals surface area contributed by atoms with Gasteiger partial charge in [-0.25, -0.2) is 0 Å². The lowest BCUT2D eigenvalue weighted by molar-refractivity contribution is -0.236. The fourth-order valence-corrected chi connectivity index (χ4v) is 1.45. The van der Waals surface area contributed by atoms with Gasteiger partial charge in [0.05, 0.1) is 12.2 Å². The quantitative estimate of drug-likeness (QED) is 0.467. The highest BCUT2D eigenvalue weighted by Crippen LogP contribution is 2.20. The van der Waals surface area contributed by atoms with E-state index in [4.69, 9.17) is 15.2 Å². The van der Waals surface area contributed by atoms with Crippen LogP contribution >= 0.6 is 0 Å². The Hall–Kier alpha value is -0.240. The monoisotopic (exact) mass is 235 g/mol. The molecule has 0 aromatic carbocycles. The number of ether oxygens (including phenoxy) is 2. The van der Waals surface area contributed by atoms with Crippen molar-refractivity contribution in [3.8, 4) is 0 Å². The highest BCUT2D eigenvalue weighted by atomic mass is 16.6. The van der Waals surface area contributed by atoms with Crippen LogP contribution in [0.5, 0.6) is 0 Å². The summed E-state index contributed by atoms with van der Waals surface area (Å²) < 4.78 is 10.6. The van der Waals surface area contributed by atoms with Gasteiger partial charge in [0.15, 0.2) is 0 Å². The Morgan fingerprint density at radius 3 is 2.19 bits per heavy atom. The van der Waals surface area contributed by atoms with Gasteiger partial charge in [-0.2, -0.15) is 0 Å². The molecule has 0 aromatic heterocycles. The van der Waals surface area contributed by atoms with Crippen molar-refractivity contribution in [2.75, 3.05) is 6.61 Å². The van der Waals surface area contributed by atoms with E-state index in [-0.39, 0.29) is 12.2 Å². The molecular formula is C10H21NO5. The van der Waals surface area contributed by atoms with Gasteiger partial charge in [0.25, 0.3) is 0 Å². The lowest BCUT2D eigenvalue weighted by Crippen LogP contribution is -2.61. The molecule has 0 radical (unpaired) electrons. The summed E-state index contributed by atoms with van der Waals surface area (Å²) in [4.78, 5) is 0. The van der Waals surface area contributed by atoms with Crippen molar-refractivity contribution < 1.29 is 24.8 Å². The molecule has 1 aliphatic heterocycles. The smallest absolute Gasteiger partial charge is 0.135 e. The summed E-state index contributed by atoms with van der Waals surface area (Å²) in [5.41, 5.74) is 5.09. The zero-order valence-corrected chi connectivity index (χ0v) is 9.83. The molecule has 5 N–H and O–H groups in total. The maximum Gasteiger partial charge on any atom is 0.135 e. The number of nitrogens with two attached hydrogens (primary N) is 1. The van der Waals surface area contributed by atoms with Gasteiger partial charge < -0.3 is 30.5 Å². The van der Waals surface area contributed by atoms with Crippen molar-refractivity contribution in [3.05, 3.63) is 0 Å². The van der Waals surface area contributed by atoms with E-state index in [1.165, 1.54) is 0 Å². The molecule has 1 rings (SSSR count). The van der Waals surface area contributed by atoms with E-state index in [2.05, 4.69) is 0 Å². The summed E-state index contributed by atoms with van der Waals surface area (Å²) in [5, 5.41) is 28.5. The SMILES string of the molecule is CC(C)(C)OCC1O[C@@H](N)C(O)C(O)[C@@H]1O. The van der Waals surface area contributed by atoms with E-state index in [1.54, 1.807) is 0 Å². The van der Waals surface area contributed by atoms with Crippen LogP contribution in [-0.4, -0.2) is 58.2 Å². The maximum atomic E-state index is 9.65. The van der Waals surface area contributed by atoms with Crippen molar-refractivity contribution in [1.82, 2.24) is 0 Å². The first-order valence-electron chi connectivity index (χ1n) is 5.31. The molecule has 96 valence electrons. The number of rotatable bonds is 2. The Labute approximate surface area is 95.0 Å². The maximum absolute atomic E-state index is 9.65. The van der Waals surface area contributed by atoms with Crippen molar-refractivity contribution >= 4 is 0 Å². The molecule has 0 aromatic rings. The Morgan fingerprint density at radius 2 is 1.69 bits per heavy atom. The second-order valence-electron chi connectivity index (χ2n) is 5.03. The molecule has 0 amide bonds. The Bertz CT molecular complexity index is 230. The van der Waals surface area contributed by atoms with Gasteiger partial charge in [-0.1, -0.05) is 0 Å². The summed E-state index contributed by atoms with van der Waals surface area (Å²) in [5.74, 6) is 0. The Morgan fingerprint density at radius 1 is 1.12 bits per heavy atom. The fraction of sp³-hybridized carbons (Fsp3) is 1.00. The van der Waals surface area contributed by atoms with Crippen LogP contribution in [0.1, 0.15) is 20.8 Å². The summed E-state index contributed by atoms with van der Waals surface area (Å²) >= 11 is 0. The van der Waals surface area contributed by atoms with Crippen LogP contribution in [0.15, 0.2) is 0 Å². The largest absolute Gasteiger partial charge is 0.387 e. The summed E-state index contributed by atoms with van der Waals surface area (Å²) in [6.07, 6.45) is -5.52. The molecule has 0 saturated carbocycles. The zero-order valence-electron chi connectivity index (χ0n) is 9.83. The van der Waals surface area contributed by atoms with Gasteiger partial charge in [-0.15, -0.1) is 0 Å². The molecule has 0 aliphatic carbocycles. The fourth-order valence-electron chi connectivity index (χ4n) is 1.45. The van der Waals surface area contributed by atoms with Crippen LogP contribution in [0, 0.1) is 0 Å². The predicted molar refractivity (Wildman–Crippen MR) is 56.6 cm³/mol. The van der Waals surface area contributed by atoms with Crippen LogP contribution in [0.2, 0.25) is 0 Å². The number of aliphatic hydroxyl groups excluding tert-OH is 3. The highest BCUT2D eigenvalue weighted by Gasteiger charge is 2.42. The van der Waals surface area contributed by atoms with Crippen LogP contribution in [0.4, 0.5) is 0 Å². The van der Waals surface area contributed by atoms with E-state index >= 15 is 0 Å².